The zero-order valence-electron chi connectivity index (χ0n) is 15.3. The zero-order valence-corrected chi connectivity index (χ0v) is 16.1. The molecule has 0 saturated heterocycles. The van der Waals surface area contributed by atoms with Gasteiger partial charge in [0.2, 0.25) is 0 Å². The van der Waals surface area contributed by atoms with Gasteiger partial charge in [-0.1, -0.05) is 24.3 Å². The lowest BCUT2D eigenvalue weighted by Crippen LogP contribution is -2.28. The van der Waals surface area contributed by atoms with E-state index in [1.807, 2.05) is 69.4 Å². The maximum Gasteiger partial charge on any atom is 0.295 e. The fraction of sp³-hybridized carbons (Fsp3) is 0.158. The second kappa shape index (κ2) is 7.96. The second-order valence-corrected chi connectivity index (χ2v) is 6.32. The summed E-state index contributed by atoms with van der Waals surface area (Å²) < 4.78 is 3.37. The summed E-state index contributed by atoms with van der Waals surface area (Å²) in [6.45, 7) is 3.68. The lowest BCUT2D eigenvalue weighted by atomic mass is 10.3. The quantitative estimate of drug-likeness (QED) is 0.413. The molecule has 27 heavy (non-hydrogen) atoms. The van der Waals surface area contributed by atoms with Crippen molar-refractivity contribution < 1.29 is 0 Å². The molecule has 8 heteroatoms. The zero-order chi connectivity index (χ0) is 19.4. The fourth-order valence-corrected chi connectivity index (χ4v) is 2.77. The SMILES string of the molecule is C/C(=N/NC(=S)Nc1c(C)n(C)n(-c2ccccc2)c1=O)c1ccccn1. The number of hydrogen-bond acceptors (Lipinski definition) is 4. The van der Waals surface area contributed by atoms with Crippen molar-refractivity contribution in [3.8, 4) is 5.69 Å². The molecule has 0 aliphatic carbocycles. The Morgan fingerprint density at radius 1 is 1.15 bits per heavy atom. The molecular formula is C19H20N6OS. The number of pyridine rings is 1. The molecule has 1 aromatic carbocycles. The molecule has 7 nitrogen and oxygen atoms in total. The minimum absolute atomic E-state index is 0.184. The summed E-state index contributed by atoms with van der Waals surface area (Å²) in [6, 6.07) is 15.0. The van der Waals surface area contributed by atoms with Crippen LogP contribution in [-0.2, 0) is 7.05 Å². The highest BCUT2D eigenvalue weighted by molar-refractivity contribution is 7.80. The number of hydrogen-bond donors (Lipinski definition) is 2. The first kappa shape index (κ1) is 18.5. The van der Waals surface area contributed by atoms with E-state index in [4.69, 9.17) is 12.2 Å². The normalized spacial score (nSPS) is 11.3. The van der Waals surface area contributed by atoms with Crippen LogP contribution in [0.2, 0.25) is 0 Å². The Bertz CT molecular complexity index is 1040. The van der Waals surface area contributed by atoms with Gasteiger partial charge in [-0.15, -0.1) is 0 Å². The minimum atomic E-state index is -0.184. The van der Waals surface area contributed by atoms with Gasteiger partial charge >= 0.3 is 0 Å². The smallest absolute Gasteiger partial charge is 0.295 e. The standard InChI is InChI=1S/C19H20N6OS/c1-13(16-11-7-8-12-20-16)22-23-19(27)21-17-14(2)24(3)25(18(17)26)15-9-5-4-6-10-15/h4-12H,1-3H3,(H2,21,23,27)/b22-13-. The van der Waals surface area contributed by atoms with Gasteiger partial charge < -0.3 is 5.32 Å². The van der Waals surface area contributed by atoms with E-state index in [-0.39, 0.29) is 10.7 Å². The summed E-state index contributed by atoms with van der Waals surface area (Å²) >= 11 is 5.29. The number of rotatable bonds is 4. The van der Waals surface area contributed by atoms with Gasteiger partial charge in [-0.25, -0.2) is 4.68 Å². The minimum Gasteiger partial charge on any atom is -0.325 e. The van der Waals surface area contributed by atoms with Crippen molar-refractivity contribution in [2.24, 2.45) is 12.1 Å². The number of thiocarbonyl (C=S) groups is 1. The summed E-state index contributed by atoms with van der Waals surface area (Å²) in [5, 5.41) is 7.41. The van der Waals surface area contributed by atoms with Crippen molar-refractivity contribution in [2.45, 2.75) is 13.8 Å². The van der Waals surface area contributed by atoms with Crippen LogP contribution in [0.25, 0.3) is 5.69 Å². The molecule has 0 radical (unpaired) electrons. The molecule has 0 spiro atoms. The highest BCUT2D eigenvalue weighted by atomic mass is 32.1. The Labute approximate surface area is 162 Å². The van der Waals surface area contributed by atoms with Gasteiger partial charge in [0.15, 0.2) is 5.11 Å². The number of aromatic nitrogens is 3. The van der Waals surface area contributed by atoms with Crippen LogP contribution >= 0.6 is 12.2 Å². The van der Waals surface area contributed by atoms with Crippen LogP contribution in [0, 0.1) is 6.92 Å². The first-order chi connectivity index (χ1) is 13.0. The largest absolute Gasteiger partial charge is 0.325 e. The molecule has 2 heterocycles. The highest BCUT2D eigenvalue weighted by Gasteiger charge is 2.16. The van der Waals surface area contributed by atoms with Crippen LogP contribution in [0.15, 0.2) is 64.6 Å². The fourth-order valence-electron chi connectivity index (χ4n) is 2.62. The van der Waals surface area contributed by atoms with E-state index >= 15 is 0 Å². The van der Waals surface area contributed by atoms with E-state index in [1.54, 1.807) is 15.6 Å². The Hall–Kier alpha value is -3.26. The average molecular weight is 380 g/mol. The molecule has 0 aliphatic heterocycles. The predicted octanol–water partition coefficient (Wildman–Crippen LogP) is 2.59. The van der Waals surface area contributed by atoms with Crippen LogP contribution in [0.3, 0.4) is 0 Å². The van der Waals surface area contributed by atoms with Gasteiger partial charge in [0.25, 0.3) is 5.56 Å². The third kappa shape index (κ3) is 3.95. The summed E-state index contributed by atoms with van der Waals surface area (Å²) in [5.74, 6) is 0. The number of nitrogens with zero attached hydrogens (tertiary/aromatic N) is 4. The first-order valence-corrected chi connectivity index (χ1v) is 8.76. The van der Waals surface area contributed by atoms with Crippen molar-refractivity contribution >= 4 is 28.7 Å². The highest BCUT2D eigenvalue weighted by Crippen LogP contribution is 2.13. The van der Waals surface area contributed by atoms with Gasteiger partial charge in [-0.2, -0.15) is 5.10 Å². The number of hydrazone groups is 1. The van der Waals surface area contributed by atoms with Crippen molar-refractivity contribution in [3.05, 3.63) is 76.5 Å². The second-order valence-electron chi connectivity index (χ2n) is 5.91. The molecule has 0 bridgehead atoms. The first-order valence-electron chi connectivity index (χ1n) is 8.35. The van der Waals surface area contributed by atoms with Crippen LogP contribution in [-0.4, -0.2) is 25.2 Å². The Morgan fingerprint density at radius 2 is 1.85 bits per heavy atom. The topological polar surface area (TPSA) is 76.2 Å². The molecule has 0 unspecified atom stereocenters. The van der Waals surface area contributed by atoms with Crippen LogP contribution in [0.4, 0.5) is 5.69 Å². The molecule has 2 aromatic heterocycles. The van der Waals surface area contributed by atoms with Crippen LogP contribution < -0.4 is 16.3 Å². The lowest BCUT2D eigenvalue weighted by Gasteiger charge is -2.07. The van der Waals surface area contributed by atoms with E-state index < -0.39 is 0 Å². The maximum atomic E-state index is 12.9. The van der Waals surface area contributed by atoms with Crippen molar-refractivity contribution in [2.75, 3.05) is 5.32 Å². The Morgan fingerprint density at radius 3 is 2.52 bits per heavy atom. The number of para-hydroxylation sites is 1. The van der Waals surface area contributed by atoms with E-state index in [2.05, 4.69) is 20.8 Å². The van der Waals surface area contributed by atoms with E-state index in [1.165, 1.54) is 0 Å². The molecule has 0 amide bonds. The molecule has 3 aromatic rings. The van der Waals surface area contributed by atoms with Gasteiger partial charge in [0, 0.05) is 13.2 Å². The third-order valence-electron chi connectivity index (χ3n) is 4.15. The Kier molecular flexibility index (Phi) is 5.46. The van der Waals surface area contributed by atoms with Gasteiger partial charge in [-0.3, -0.25) is 19.9 Å². The summed E-state index contributed by atoms with van der Waals surface area (Å²) in [7, 11) is 1.83. The number of nitrogens with one attached hydrogen (secondary N) is 2. The molecule has 3 rings (SSSR count). The van der Waals surface area contributed by atoms with Crippen molar-refractivity contribution in [1.29, 1.82) is 0 Å². The van der Waals surface area contributed by atoms with Crippen molar-refractivity contribution in [3.63, 3.8) is 0 Å². The third-order valence-corrected chi connectivity index (χ3v) is 4.35. The van der Waals surface area contributed by atoms with Gasteiger partial charge in [0.1, 0.15) is 5.69 Å². The average Bonchev–Trinajstić information content (AvgIpc) is 2.90. The molecule has 0 fully saturated rings. The lowest BCUT2D eigenvalue weighted by molar-refractivity contribution is 0.630. The van der Waals surface area contributed by atoms with Gasteiger partial charge in [0.05, 0.1) is 22.8 Å². The Balaban J connectivity index is 1.80. The monoisotopic (exact) mass is 380 g/mol. The van der Waals surface area contributed by atoms with E-state index in [0.29, 0.717) is 11.4 Å². The summed E-state index contributed by atoms with van der Waals surface area (Å²) in [6.07, 6.45) is 1.70. The molecule has 0 atom stereocenters. The number of anilines is 1. The van der Waals surface area contributed by atoms with Crippen LogP contribution in [0.1, 0.15) is 18.3 Å². The number of benzene rings is 1. The molecule has 2 N–H and O–H groups in total. The van der Waals surface area contributed by atoms with Crippen molar-refractivity contribution in [1.82, 2.24) is 19.8 Å². The van der Waals surface area contributed by atoms with Crippen LogP contribution in [0.5, 0.6) is 0 Å². The maximum absolute atomic E-state index is 12.9. The van der Waals surface area contributed by atoms with E-state index in [9.17, 15) is 4.79 Å². The molecular weight excluding hydrogens is 360 g/mol. The summed E-state index contributed by atoms with van der Waals surface area (Å²) in [5.41, 5.74) is 5.96. The molecule has 0 saturated carbocycles. The molecule has 0 aliphatic rings. The predicted molar refractivity (Wildman–Crippen MR) is 112 cm³/mol. The molecule has 138 valence electrons. The van der Waals surface area contributed by atoms with E-state index in [0.717, 1.165) is 17.1 Å². The van der Waals surface area contributed by atoms with Gasteiger partial charge in [-0.05, 0) is 50.3 Å². The summed E-state index contributed by atoms with van der Waals surface area (Å²) in [4.78, 5) is 17.1.